The van der Waals surface area contributed by atoms with Crippen molar-refractivity contribution < 1.29 is 24.2 Å². The van der Waals surface area contributed by atoms with E-state index in [1.165, 1.54) is 11.3 Å². The molecule has 0 aromatic heterocycles. The third-order valence-corrected chi connectivity index (χ3v) is 6.26. The van der Waals surface area contributed by atoms with Crippen molar-refractivity contribution in [1.29, 1.82) is 0 Å². The first-order chi connectivity index (χ1) is 14.5. The van der Waals surface area contributed by atoms with Gasteiger partial charge in [0.15, 0.2) is 5.60 Å². The number of nitrogens with zero attached hydrogens (tertiary/aromatic N) is 2. The average molecular weight is 431 g/mol. The maximum absolute atomic E-state index is 13.7. The fourth-order valence-corrected chi connectivity index (χ4v) is 4.70. The molecule has 31 heavy (non-hydrogen) atoms. The second-order valence-electron chi connectivity index (χ2n) is 9.45. The molecule has 2 amide bonds. The number of anilines is 1. The van der Waals surface area contributed by atoms with Gasteiger partial charge >= 0.3 is 5.97 Å². The first kappa shape index (κ1) is 23.1. The summed E-state index contributed by atoms with van der Waals surface area (Å²) < 4.78 is 5.94. The zero-order valence-corrected chi connectivity index (χ0v) is 19.2. The SMILES string of the molecule is Cc1cc2c(cc1C(=O)N(C(C)C)C1CCCCC1)N(CCC(=O)O)C(=O)C(C)(C)O2. The van der Waals surface area contributed by atoms with Crippen LogP contribution < -0.4 is 9.64 Å². The zero-order chi connectivity index (χ0) is 22.9. The van der Waals surface area contributed by atoms with Gasteiger partial charge in [-0.25, -0.2) is 0 Å². The highest BCUT2D eigenvalue weighted by Crippen LogP contribution is 2.40. The van der Waals surface area contributed by atoms with Crippen molar-refractivity contribution in [1.82, 2.24) is 4.90 Å². The molecule has 7 nitrogen and oxygen atoms in total. The Morgan fingerprint density at radius 3 is 2.45 bits per heavy atom. The molecular formula is C24H34N2O5. The van der Waals surface area contributed by atoms with Gasteiger partial charge in [0.05, 0.1) is 12.1 Å². The Labute approximate surface area is 184 Å². The fraction of sp³-hybridized carbons (Fsp3) is 0.625. The van der Waals surface area contributed by atoms with Gasteiger partial charge in [-0.2, -0.15) is 0 Å². The van der Waals surface area contributed by atoms with Crippen molar-refractivity contribution in [3.05, 3.63) is 23.3 Å². The summed E-state index contributed by atoms with van der Waals surface area (Å²) in [6.07, 6.45) is 5.30. The predicted octanol–water partition coefficient (Wildman–Crippen LogP) is 4.16. The highest BCUT2D eigenvalue weighted by molar-refractivity contribution is 6.05. The molecule has 0 saturated heterocycles. The number of carbonyl (C=O) groups is 3. The smallest absolute Gasteiger partial charge is 0.305 e. The minimum atomic E-state index is -1.10. The van der Waals surface area contributed by atoms with Gasteiger partial charge in [0.2, 0.25) is 0 Å². The van der Waals surface area contributed by atoms with E-state index in [-0.39, 0.29) is 36.9 Å². The van der Waals surface area contributed by atoms with Crippen LogP contribution in [-0.2, 0) is 9.59 Å². The third kappa shape index (κ3) is 4.70. The molecule has 1 aromatic rings. The second kappa shape index (κ2) is 8.89. The van der Waals surface area contributed by atoms with E-state index in [1.807, 2.05) is 25.7 Å². The molecule has 0 bridgehead atoms. The van der Waals surface area contributed by atoms with Crippen LogP contribution in [0.5, 0.6) is 5.75 Å². The normalized spacial score (nSPS) is 18.5. The number of carbonyl (C=O) groups excluding carboxylic acids is 2. The molecule has 1 aromatic carbocycles. The van der Waals surface area contributed by atoms with E-state index in [2.05, 4.69) is 0 Å². The zero-order valence-electron chi connectivity index (χ0n) is 19.2. The lowest BCUT2D eigenvalue weighted by Crippen LogP contribution is -2.53. The largest absolute Gasteiger partial charge is 0.481 e. The van der Waals surface area contributed by atoms with Gasteiger partial charge in [0.25, 0.3) is 11.8 Å². The summed E-state index contributed by atoms with van der Waals surface area (Å²) in [5.41, 5.74) is 0.685. The Morgan fingerprint density at radius 2 is 1.87 bits per heavy atom. The van der Waals surface area contributed by atoms with E-state index >= 15 is 0 Å². The van der Waals surface area contributed by atoms with Crippen LogP contribution in [0.1, 0.15) is 82.1 Å². The van der Waals surface area contributed by atoms with E-state index in [0.717, 1.165) is 31.2 Å². The average Bonchev–Trinajstić information content (AvgIpc) is 2.68. The number of carboxylic acid groups (broad SMARTS) is 1. The summed E-state index contributed by atoms with van der Waals surface area (Å²) in [6.45, 7) is 9.32. The van der Waals surface area contributed by atoms with Crippen molar-refractivity contribution in [2.75, 3.05) is 11.4 Å². The molecule has 1 fully saturated rings. The third-order valence-electron chi connectivity index (χ3n) is 6.26. The Morgan fingerprint density at radius 1 is 1.23 bits per heavy atom. The van der Waals surface area contributed by atoms with Crippen LogP contribution in [0.2, 0.25) is 0 Å². The standard InChI is InChI=1S/C24H34N2O5/c1-15(2)26(17-9-7-6-8-10-17)22(29)18-14-19-20(13-16(18)3)31-24(4,5)23(30)25(19)12-11-21(27)28/h13-15,17H,6-12H2,1-5H3,(H,27,28). The van der Waals surface area contributed by atoms with E-state index in [9.17, 15) is 14.4 Å². The molecule has 170 valence electrons. The summed E-state index contributed by atoms with van der Waals surface area (Å²) in [4.78, 5) is 41.2. The number of hydrogen-bond acceptors (Lipinski definition) is 4. The highest BCUT2D eigenvalue weighted by atomic mass is 16.5. The second-order valence-corrected chi connectivity index (χ2v) is 9.45. The predicted molar refractivity (Wildman–Crippen MR) is 119 cm³/mol. The Kier molecular flexibility index (Phi) is 6.62. The quantitative estimate of drug-likeness (QED) is 0.732. The minimum absolute atomic E-state index is 0.0289. The van der Waals surface area contributed by atoms with Crippen LogP contribution in [0.15, 0.2) is 12.1 Å². The first-order valence-electron chi connectivity index (χ1n) is 11.2. The van der Waals surface area contributed by atoms with Crippen LogP contribution in [0.25, 0.3) is 0 Å². The van der Waals surface area contributed by atoms with Crippen LogP contribution in [0, 0.1) is 6.92 Å². The summed E-state index contributed by atoms with van der Waals surface area (Å²) in [7, 11) is 0. The van der Waals surface area contributed by atoms with Gasteiger partial charge in [-0.1, -0.05) is 19.3 Å². The van der Waals surface area contributed by atoms with Crippen molar-refractivity contribution in [2.24, 2.45) is 0 Å². The van der Waals surface area contributed by atoms with Gasteiger partial charge in [0, 0.05) is 24.2 Å². The number of amides is 2. The number of rotatable bonds is 6. The minimum Gasteiger partial charge on any atom is -0.481 e. The van der Waals surface area contributed by atoms with Gasteiger partial charge in [-0.3, -0.25) is 14.4 Å². The van der Waals surface area contributed by atoms with Crippen molar-refractivity contribution in [2.45, 2.75) is 90.8 Å². The van der Waals surface area contributed by atoms with Crippen molar-refractivity contribution >= 4 is 23.5 Å². The topological polar surface area (TPSA) is 87.2 Å². The molecular weight excluding hydrogens is 396 g/mol. The van der Waals surface area contributed by atoms with Gasteiger partial charge in [0.1, 0.15) is 5.75 Å². The maximum atomic E-state index is 13.7. The van der Waals surface area contributed by atoms with E-state index in [4.69, 9.17) is 9.84 Å². The molecule has 1 aliphatic carbocycles. The fourth-order valence-electron chi connectivity index (χ4n) is 4.70. The lowest BCUT2D eigenvalue weighted by Gasteiger charge is -2.40. The molecule has 0 unspecified atom stereocenters. The Bertz CT molecular complexity index is 871. The van der Waals surface area contributed by atoms with E-state index in [0.29, 0.717) is 17.0 Å². The molecule has 7 heteroatoms. The van der Waals surface area contributed by atoms with Crippen LogP contribution in [0.4, 0.5) is 5.69 Å². The summed E-state index contributed by atoms with van der Waals surface area (Å²) in [6, 6.07) is 3.78. The summed E-state index contributed by atoms with van der Waals surface area (Å²) in [5.74, 6) is -0.836. The highest BCUT2D eigenvalue weighted by Gasteiger charge is 2.42. The molecule has 2 aliphatic rings. The number of aryl methyl sites for hydroxylation is 1. The number of carboxylic acids is 1. The number of benzene rings is 1. The van der Waals surface area contributed by atoms with Gasteiger partial charge < -0.3 is 19.6 Å². The van der Waals surface area contributed by atoms with Crippen molar-refractivity contribution in [3.8, 4) is 5.75 Å². The van der Waals surface area contributed by atoms with Crippen LogP contribution >= 0.6 is 0 Å². The van der Waals surface area contributed by atoms with Gasteiger partial charge in [-0.15, -0.1) is 0 Å². The molecule has 1 aliphatic heterocycles. The van der Waals surface area contributed by atoms with Crippen LogP contribution in [0.3, 0.4) is 0 Å². The Balaban J connectivity index is 2.02. The number of ether oxygens (including phenoxy) is 1. The molecule has 0 spiro atoms. The molecule has 1 N–H and O–H groups in total. The van der Waals surface area contributed by atoms with E-state index < -0.39 is 11.6 Å². The maximum Gasteiger partial charge on any atom is 0.305 e. The molecule has 0 radical (unpaired) electrons. The van der Waals surface area contributed by atoms with Crippen LogP contribution in [-0.4, -0.2) is 52.0 Å². The van der Waals surface area contributed by atoms with E-state index in [1.54, 1.807) is 26.0 Å². The monoisotopic (exact) mass is 430 g/mol. The summed E-state index contributed by atoms with van der Waals surface area (Å²) >= 11 is 0. The van der Waals surface area contributed by atoms with Crippen molar-refractivity contribution in [3.63, 3.8) is 0 Å². The van der Waals surface area contributed by atoms with Gasteiger partial charge in [-0.05, 0) is 65.2 Å². The number of aliphatic carboxylic acids is 1. The lowest BCUT2D eigenvalue weighted by molar-refractivity contribution is -0.137. The molecule has 3 rings (SSSR count). The number of fused-ring (bicyclic) bond motifs is 1. The lowest BCUT2D eigenvalue weighted by atomic mass is 9.92. The molecule has 0 atom stereocenters. The molecule has 1 heterocycles. The Hall–Kier alpha value is -2.57. The molecule has 1 saturated carbocycles. The first-order valence-corrected chi connectivity index (χ1v) is 11.2. The number of hydrogen-bond donors (Lipinski definition) is 1. The summed E-state index contributed by atoms with van der Waals surface area (Å²) in [5, 5.41) is 9.14.